The van der Waals surface area contributed by atoms with Crippen molar-refractivity contribution >= 4 is 18.0 Å². The maximum Gasteiger partial charge on any atom is 0.235 e. The van der Waals surface area contributed by atoms with Gasteiger partial charge in [0.1, 0.15) is 0 Å². The average Bonchev–Trinajstić information content (AvgIpc) is 2.45. The van der Waals surface area contributed by atoms with Crippen LogP contribution in [-0.2, 0) is 9.59 Å². The Morgan fingerprint density at radius 3 is 2.80 bits per heavy atom. The summed E-state index contributed by atoms with van der Waals surface area (Å²) < 4.78 is 0. The van der Waals surface area contributed by atoms with E-state index < -0.39 is 12.0 Å². The number of nitrogens with zero attached hydrogens (tertiary/aromatic N) is 2. The van der Waals surface area contributed by atoms with Gasteiger partial charge in [0.25, 0.3) is 0 Å². The third-order valence-corrected chi connectivity index (χ3v) is 2.50. The van der Waals surface area contributed by atoms with Crippen LogP contribution in [-0.4, -0.2) is 47.2 Å². The van der Waals surface area contributed by atoms with E-state index in [1.165, 1.54) is 11.8 Å². The highest BCUT2D eigenvalue weighted by Crippen LogP contribution is 2.22. The normalized spacial score (nSPS) is 24.2. The molecule has 1 aliphatic rings. The Hall–Kier alpha value is -1.23. The molecule has 5 nitrogen and oxygen atoms in total. The molecule has 1 heterocycles. The van der Waals surface area contributed by atoms with E-state index in [1.54, 1.807) is 13.1 Å². The molecule has 0 aliphatic carbocycles. The number of rotatable bonds is 4. The first kappa shape index (κ1) is 11.8. The maximum absolute atomic E-state index is 11.6. The Morgan fingerprint density at radius 2 is 2.33 bits per heavy atom. The van der Waals surface area contributed by atoms with E-state index in [0.717, 1.165) is 0 Å². The topological polar surface area (TPSA) is 70.0 Å². The van der Waals surface area contributed by atoms with Crippen molar-refractivity contribution in [1.82, 2.24) is 4.90 Å². The summed E-state index contributed by atoms with van der Waals surface area (Å²) in [5.74, 6) is -1.05. The van der Waals surface area contributed by atoms with Crippen molar-refractivity contribution in [2.75, 3.05) is 13.1 Å². The fraction of sp³-hybridized carbons (Fsp3) is 0.700. The summed E-state index contributed by atoms with van der Waals surface area (Å²) in [5, 5.41) is 9.30. The molecule has 0 radical (unpaired) electrons. The largest absolute Gasteiger partial charge is 0.393 e. The van der Waals surface area contributed by atoms with Gasteiger partial charge >= 0.3 is 0 Å². The third kappa shape index (κ3) is 2.62. The van der Waals surface area contributed by atoms with Crippen molar-refractivity contribution in [1.29, 1.82) is 0 Å². The second-order valence-corrected chi connectivity index (χ2v) is 3.60. The molecule has 84 valence electrons. The number of hydrogen-bond donors (Lipinski definition) is 1. The Balaban J connectivity index is 2.59. The summed E-state index contributed by atoms with van der Waals surface area (Å²) in [5.41, 5.74) is 0. The second kappa shape index (κ2) is 5.02. The number of carbonyl (C=O) groups is 2. The van der Waals surface area contributed by atoms with Crippen molar-refractivity contribution < 1.29 is 14.7 Å². The number of aliphatic hydroxyl groups is 1. The molecule has 5 heteroatoms. The lowest BCUT2D eigenvalue weighted by Crippen LogP contribution is -2.34. The lowest BCUT2D eigenvalue weighted by atomic mass is 10.0. The number of amides is 2. The number of hydrogen-bond acceptors (Lipinski definition) is 4. The molecule has 2 atom stereocenters. The Labute approximate surface area is 88.8 Å². The van der Waals surface area contributed by atoms with Gasteiger partial charge in [0.15, 0.2) is 0 Å². The van der Waals surface area contributed by atoms with Crippen LogP contribution in [0, 0.1) is 5.92 Å². The number of likely N-dealkylation sites (tertiary alicyclic amines) is 1. The second-order valence-electron chi connectivity index (χ2n) is 3.60. The standard InChI is InChI=1S/C10H16N2O3/c1-3-11-4-5-12-9(14)6-8(7(2)13)10(12)15/h3,7-8,13H,4-6H2,1-2H3. The van der Waals surface area contributed by atoms with E-state index in [9.17, 15) is 14.7 Å². The first-order valence-electron chi connectivity index (χ1n) is 5.04. The lowest BCUT2D eigenvalue weighted by Gasteiger charge is -2.14. The van der Waals surface area contributed by atoms with Crippen LogP contribution >= 0.6 is 0 Å². The molecule has 1 N–H and O–H groups in total. The van der Waals surface area contributed by atoms with Crippen molar-refractivity contribution in [3.05, 3.63) is 0 Å². The molecule has 2 unspecified atom stereocenters. The Kier molecular flexibility index (Phi) is 3.96. The zero-order valence-electron chi connectivity index (χ0n) is 9.01. The van der Waals surface area contributed by atoms with Gasteiger partial charge in [-0.1, -0.05) is 0 Å². The maximum atomic E-state index is 11.6. The van der Waals surface area contributed by atoms with E-state index >= 15 is 0 Å². The number of imide groups is 1. The zero-order valence-corrected chi connectivity index (χ0v) is 9.01. The summed E-state index contributed by atoms with van der Waals surface area (Å²) in [7, 11) is 0. The molecule has 2 amide bonds. The minimum atomic E-state index is -0.763. The molecule has 1 saturated heterocycles. The molecule has 0 aromatic heterocycles. The molecule has 1 aliphatic heterocycles. The van der Waals surface area contributed by atoms with Crippen LogP contribution in [0.15, 0.2) is 4.99 Å². The predicted molar refractivity (Wildman–Crippen MR) is 55.5 cm³/mol. The minimum Gasteiger partial charge on any atom is -0.393 e. The lowest BCUT2D eigenvalue weighted by molar-refractivity contribution is -0.140. The monoisotopic (exact) mass is 212 g/mol. The molecular weight excluding hydrogens is 196 g/mol. The van der Waals surface area contributed by atoms with E-state index in [-0.39, 0.29) is 18.2 Å². The van der Waals surface area contributed by atoms with Crippen molar-refractivity contribution in [2.45, 2.75) is 26.4 Å². The van der Waals surface area contributed by atoms with Gasteiger partial charge in [-0.25, -0.2) is 0 Å². The van der Waals surface area contributed by atoms with Gasteiger partial charge < -0.3 is 5.11 Å². The Bertz CT molecular complexity index is 286. The van der Waals surface area contributed by atoms with Gasteiger partial charge in [0.05, 0.1) is 18.6 Å². The van der Waals surface area contributed by atoms with Crippen LogP contribution in [0.5, 0.6) is 0 Å². The summed E-state index contributed by atoms with van der Waals surface area (Å²) in [6.45, 7) is 4.06. The third-order valence-electron chi connectivity index (χ3n) is 2.50. The summed E-state index contributed by atoms with van der Waals surface area (Å²) in [6, 6.07) is 0. The highest BCUT2D eigenvalue weighted by Gasteiger charge is 2.40. The molecule has 0 saturated carbocycles. The van der Waals surface area contributed by atoms with Crippen molar-refractivity contribution in [2.24, 2.45) is 10.9 Å². The van der Waals surface area contributed by atoms with Gasteiger partial charge in [-0.2, -0.15) is 0 Å². The minimum absolute atomic E-state index is 0.117. The van der Waals surface area contributed by atoms with Crippen molar-refractivity contribution in [3.63, 3.8) is 0 Å². The fourth-order valence-electron chi connectivity index (χ4n) is 1.61. The van der Waals surface area contributed by atoms with Crippen molar-refractivity contribution in [3.8, 4) is 0 Å². The molecule has 0 aromatic carbocycles. The van der Waals surface area contributed by atoms with Crippen LogP contribution in [0.3, 0.4) is 0 Å². The van der Waals surface area contributed by atoms with E-state index in [2.05, 4.69) is 4.99 Å². The summed E-state index contributed by atoms with van der Waals surface area (Å²) in [6.07, 6.45) is 0.991. The first-order chi connectivity index (χ1) is 7.07. The highest BCUT2D eigenvalue weighted by atomic mass is 16.3. The first-order valence-corrected chi connectivity index (χ1v) is 5.04. The molecule has 1 fully saturated rings. The van der Waals surface area contributed by atoms with Crippen LogP contribution in [0.25, 0.3) is 0 Å². The van der Waals surface area contributed by atoms with Gasteiger partial charge in [-0.3, -0.25) is 19.5 Å². The van der Waals surface area contributed by atoms with Crippen LogP contribution in [0.2, 0.25) is 0 Å². The fourth-order valence-corrected chi connectivity index (χ4v) is 1.61. The van der Waals surface area contributed by atoms with Crippen LogP contribution < -0.4 is 0 Å². The smallest absolute Gasteiger partial charge is 0.235 e. The van der Waals surface area contributed by atoms with Gasteiger partial charge in [0, 0.05) is 13.0 Å². The zero-order chi connectivity index (χ0) is 11.4. The Morgan fingerprint density at radius 1 is 1.67 bits per heavy atom. The molecule has 0 aromatic rings. The number of aliphatic hydroxyl groups excluding tert-OH is 1. The predicted octanol–water partition coefficient (Wildman–Crippen LogP) is -0.167. The van der Waals surface area contributed by atoms with Crippen LogP contribution in [0.4, 0.5) is 0 Å². The molecule has 1 rings (SSSR count). The number of aliphatic imine (C=N–C) groups is 1. The van der Waals surface area contributed by atoms with Gasteiger partial charge in [0.2, 0.25) is 11.8 Å². The SMILES string of the molecule is CC=NCCN1C(=O)CC(C(C)O)C1=O. The van der Waals surface area contributed by atoms with Gasteiger partial charge in [-0.05, 0) is 20.1 Å². The van der Waals surface area contributed by atoms with Crippen LogP contribution in [0.1, 0.15) is 20.3 Å². The number of carbonyl (C=O) groups excluding carboxylic acids is 2. The van der Waals surface area contributed by atoms with E-state index in [4.69, 9.17) is 0 Å². The molecular formula is C10H16N2O3. The van der Waals surface area contributed by atoms with E-state index in [1.807, 2.05) is 0 Å². The summed E-state index contributed by atoms with van der Waals surface area (Å²) in [4.78, 5) is 28.2. The molecule has 0 spiro atoms. The average molecular weight is 212 g/mol. The molecule has 0 bridgehead atoms. The summed E-state index contributed by atoms with van der Waals surface area (Å²) >= 11 is 0. The molecule has 15 heavy (non-hydrogen) atoms. The quantitative estimate of drug-likeness (QED) is 0.519. The van der Waals surface area contributed by atoms with Gasteiger partial charge in [-0.15, -0.1) is 0 Å². The van der Waals surface area contributed by atoms with E-state index in [0.29, 0.717) is 13.1 Å². The highest BCUT2D eigenvalue weighted by molar-refractivity contribution is 6.03.